The summed E-state index contributed by atoms with van der Waals surface area (Å²) in [5.74, 6) is -0.829. The monoisotopic (exact) mass is 272 g/mol. The quantitative estimate of drug-likeness (QED) is 0.374. The van der Waals surface area contributed by atoms with Gasteiger partial charge in [-0.05, 0) is 6.42 Å². The van der Waals surface area contributed by atoms with Gasteiger partial charge in [-0.2, -0.15) is 0 Å². The normalized spacial score (nSPS) is 13.1. The Labute approximate surface area is 122 Å². The van der Waals surface area contributed by atoms with Gasteiger partial charge in [0.2, 0.25) is 0 Å². The number of aliphatic carboxylic acids is 1. The van der Waals surface area contributed by atoms with Crippen molar-refractivity contribution in [3.8, 4) is 0 Å². The van der Waals surface area contributed by atoms with Gasteiger partial charge >= 0.3 is 5.97 Å². The summed E-state index contributed by atoms with van der Waals surface area (Å²) in [5.41, 5.74) is 0. The Kier molecular flexibility index (Phi) is 12.2. The highest BCUT2D eigenvalue weighted by Crippen LogP contribution is 2.13. The van der Waals surface area contributed by atoms with Crippen LogP contribution in [0.4, 0.5) is 0 Å². The first kappa shape index (κ1) is 14.9. The van der Waals surface area contributed by atoms with Crippen LogP contribution in [0, 0.1) is 0 Å². The summed E-state index contributed by atoms with van der Waals surface area (Å²) in [6.07, 6.45) is 12.8. The van der Waals surface area contributed by atoms with E-state index in [0.717, 1.165) is 12.8 Å². The summed E-state index contributed by atoms with van der Waals surface area (Å²) in [4.78, 5) is 10.4. The lowest BCUT2D eigenvalue weighted by Crippen LogP contribution is -1.93. The van der Waals surface area contributed by atoms with Crippen LogP contribution < -0.4 is 0 Å². The summed E-state index contributed by atoms with van der Waals surface area (Å²) in [6.45, 7) is 2.24. The fourth-order valence-corrected chi connectivity index (χ4v) is 2.23. The maximum absolute atomic E-state index is 10.4. The molecule has 19 heavy (non-hydrogen) atoms. The second-order valence-corrected chi connectivity index (χ2v) is 5.43. The summed E-state index contributed by atoms with van der Waals surface area (Å²) in [6, 6.07) is 0. The lowest BCUT2D eigenvalue weighted by molar-refractivity contribution is -0.137. The number of carboxylic acids is 1. The van der Waals surface area contributed by atoms with Crippen LogP contribution in [0.5, 0.6) is 0 Å². The fraction of sp³-hybridized carbons (Fsp3) is 0.941. The molecule has 1 N–H and O–H groups in total. The molecule has 2 heteroatoms. The summed E-state index contributed by atoms with van der Waals surface area (Å²) in [5, 5.41) is 8.55. The molecule has 0 heterocycles. The van der Waals surface area contributed by atoms with Crippen molar-refractivity contribution < 1.29 is 12.6 Å². The molecule has 0 fully saturated rings. The number of unbranched alkanes of at least 4 members (excludes halogenated alkanes) is 9. The van der Waals surface area contributed by atoms with Crippen LogP contribution in [0.2, 0.25) is 0 Å². The third-order valence-electron chi connectivity index (χ3n) is 3.45. The molecule has 0 rings (SSSR count). The standard InChI is InChI=1S/C17H34O2/c1-2-3-4-5-6-7-8-9-10-11-12-13-14-15-16-17(18)19/h2-16H2,1H3,(H,18,19)/i13D2. The fourth-order valence-electron chi connectivity index (χ4n) is 2.23. The van der Waals surface area contributed by atoms with Gasteiger partial charge in [0, 0.05) is 9.16 Å². The Bertz CT molecular complexity index is 255. The second kappa shape index (κ2) is 15.5. The van der Waals surface area contributed by atoms with Gasteiger partial charge in [0.1, 0.15) is 0 Å². The van der Waals surface area contributed by atoms with Crippen LogP contribution in [-0.2, 0) is 4.79 Å². The molecule has 0 aliphatic heterocycles. The first-order valence-corrected chi connectivity index (χ1v) is 8.20. The average molecular weight is 272 g/mol. The molecule has 0 atom stereocenters. The lowest BCUT2D eigenvalue weighted by Gasteiger charge is -2.02. The van der Waals surface area contributed by atoms with Gasteiger partial charge in [-0.15, -0.1) is 0 Å². The van der Waals surface area contributed by atoms with Crippen molar-refractivity contribution in [2.24, 2.45) is 0 Å². The van der Waals surface area contributed by atoms with Crippen LogP contribution in [0.3, 0.4) is 0 Å². The largest absolute Gasteiger partial charge is 0.481 e. The molecule has 0 unspecified atom stereocenters. The van der Waals surface area contributed by atoms with Crippen LogP contribution >= 0.6 is 0 Å². The first-order chi connectivity index (χ1) is 9.98. The van der Waals surface area contributed by atoms with E-state index in [1.807, 2.05) is 0 Å². The van der Waals surface area contributed by atoms with Crippen molar-refractivity contribution in [1.29, 1.82) is 0 Å². The molecule has 0 spiro atoms. The molecule has 0 saturated heterocycles. The zero-order valence-electron chi connectivity index (χ0n) is 14.8. The first-order valence-electron chi connectivity index (χ1n) is 9.20. The zero-order valence-corrected chi connectivity index (χ0v) is 12.8. The molecule has 0 aliphatic carbocycles. The van der Waals surface area contributed by atoms with Crippen molar-refractivity contribution in [3.63, 3.8) is 0 Å². The highest BCUT2D eigenvalue weighted by Gasteiger charge is 1.96. The van der Waals surface area contributed by atoms with Gasteiger partial charge in [0.15, 0.2) is 0 Å². The van der Waals surface area contributed by atoms with E-state index < -0.39 is 12.3 Å². The van der Waals surface area contributed by atoms with Crippen molar-refractivity contribution in [1.82, 2.24) is 0 Å². The Morgan fingerprint density at radius 1 is 0.789 bits per heavy atom. The molecule has 0 saturated carbocycles. The van der Waals surface area contributed by atoms with Crippen molar-refractivity contribution in [2.45, 2.75) is 103 Å². The SMILES string of the molecule is [2H]C([2H])(CCCCCCCCCCCC)CCCC(=O)O. The smallest absolute Gasteiger partial charge is 0.303 e. The molecule has 114 valence electrons. The van der Waals surface area contributed by atoms with E-state index in [2.05, 4.69) is 6.92 Å². The Hall–Kier alpha value is -0.530. The molecule has 0 aromatic carbocycles. The summed E-state index contributed by atoms with van der Waals surface area (Å²) in [7, 11) is 0. The Balaban J connectivity index is 3.34. The van der Waals surface area contributed by atoms with Gasteiger partial charge in [-0.3, -0.25) is 4.79 Å². The molecule has 0 aliphatic rings. The topological polar surface area (TPSA) is 37.3 Å². The van der Waals surface area contributed by atoms with Gasteiger partial charge in [-0.1, -0.05) is 90.3 Å². The summed E-state index contributed by atoms with van der Waals surface area (Å²) >= 11 is 0. The molecular formula is C17H34O2. The van der Waals surface area contributed by atoms with Crippen molar-refractivity contribution >= 4 is 5.97 Å². The minimum Gasteiger partial charge on any atom is -0.481 e. The molecule has 0 amide bonds. The predicted molar refractivity (Wildman–Crippen MR) is 82.6 cm³/mol. The number of rotatable bonds is 15. The third-order valence-corrected chi connectivity index (χ3v) is 3.45. The van der Waals surface area contributed by atoms with E-state index in [1.165, 1.54) is 51.4 Å². The number of hydrogen-bond donors (Lipinski definition) is 1. The predicted octanol–water partition coefficient (Wildman–Crippen LogP) is 5.94. The van der Waals surface area contributed by atoms with Gasteiger partial charge < -0.3 is 5.11 Å². The number of carbonyl (C=O) groups is 1. The van der Waals surface area contributed by atoms with E-state index >= 15 is 0 Å². The molecule has 0 radical (unpaired) electrons. The molecule has 0 aromatic heterocycles. The molecule has 2 nitrogen and oxygen atoms in total. The second-order valence-electron chi connectivity index (χ2n) is 5.43. The van der Waals surface area contributed by atoms with Crippen LogP contribution in [0.1, 0.15) is 106 Å². The van der Waals surface area contributed by atoms with Gasteiger partial charge in [0.25, 0.3) is 0 Å². The number of hydrogen-bond acceptors (Lipinski definition) is 1. The molecule has 0 bridgehead atoms. The van der Waals surface area contributed by atoms with Crippen molar-refractivity contribution in [2.75, 3.05) is 0 Å². The number of carboxylic acid groups (broad SMARTS) is 1. The average Bonchev–Trinajstić information content (AvgIpc) is 2.40. The van der Waals surface area contributed by atoms with E-state index in [1.54, 1.807) is 0 Å². The Morgan fingerprint density at radius 3 is 1.68 bits per heavy atom. The summed E-state index contributed by atoms with van der Waals surface area (Å²) < 4.78 is 15.7. The van der Waals surface area contributed by atoms with E-state index in [0.29, 0.717) is 19.3 Å². The Morgan fingerprint density at radius 2 is 1.21 bits per heavy atom. The van der Waals surface area contributed by atoms with Crippen molar-refractivity contribution in [3.05, 3.63) is 0 Å². The van der Waals surface area contributed by atoms with E-state index in [-0.39, 0.29) is 6.42 Å². The van der Waals surface area contributed by atoms with Crippen LogP contribution in [-0.4, -0.2) is 11.1 Å². The maximum atomic E-state index is 10.4. The zero-order chi connectivity index (χ0) is 16.0. The highest BCUT2D eigenvalue weighted by molar-refractivity contribution is 5.66. The third kappa shape index (κ3) is 17.5. The lowest BCUT2D eigenvalue weighted by atomic mass is 10.0. The van der Waals surface area contributed by atoms with E-state index in [4.69, 9.17) is 7.85 Å². The minimum atomic E-state index is -1.18. The van der Waals surface area contributed by atoms with Crippen LogP contribution in [0.15, 0.2) is 0 Å². The van der Waals surface area contributed by atoms with Gasteiger partial charge in [-0.25, -0.2) is 0 Å². The molecule has 0 aromatic rings. The molecular weight excluding hydrogens is 236 g/mol. The van der Waals surface area contributed by atoms with Crippen LogP contribution in [0.25, 0.3) is 0 Å². The van der Waals surface area contributed by atoms with Gasteiger partial charge in [0.05, 0.1) is 0 Å². The van der Waals surface area contributed by atoms with E-state index in [9.17, 15) is 4.79 Å². The maximum Gasteiger partial charge on any atom is 0.303 e. The highest BCUT2D eigenvalue weighted by atomic mass is 16.4. The minimum absolute atomic E-state index is 0.0809.